The highest BCUT2D eigenvalue weighted by molar-refractivity contribution is 6.32. The summed E-state index contributed by atoms with van der Waals surface area (Å²) in [4.78, 5) is 11.5. The van der Waals surface area contributed by atoms with Crippen LogP contribution in [0.25, 0.3) is 0 Å². The third-order valence-corrected chi connectivity index (χ3v) is 2.51. The van der Waals surface area contributed by atoms with Crippen molar-refractivity contribution in [2.24, 2.45) is 5.73 Å². The van der Waals surface area contributed by atoms with Gasteiger partial charge in [-0.1, -0.05) is 18.5 Å². The van der Waals surface area contributed by atoms with Gasteiger partial charge in [-0.25, -0.2) is 0 Å². The molecule has 0 saturated heterocycles. The molecule has 1 amide bonds. The highest BCUT2D eigenvalue weighted by Gasteiger charge is 2.08. The number of carbonyl (C=O) groups is 1. The van der Waals surface area contributed by atoms with E-state index >= 15 is 0 Å². The van der Waals surface area contributed by atoms with Crippen molar-refractivity contribution < 1.29 is 9.90 Å². The summed E-state index contributed by atoms with van der Waals surface area (Å²) in [6.07, 6.45) is 1.03. The molecular formula is C11H15ClN2O2. The van der Waals surface area contributed by atoms with Crippen LogP contribution in [0, 0.1) is 0 Å². The van der Waals surface area contributed by atoms with E-state index in [2.05, 4.69) is 5.32 Å². The molecule has 5 heteroatoms. The molecule has 1 atom stereocenters. The standard InChI is InChI=1S/C11H15ClN2O2/c1-2-7(13)5-11(16)14-8-3-4-10(15)9(12)6-8/h3-4,6-7,15H,2,5,13H2,1H3,(H,14,16). The summed E-state index contributed by atoms with van der Waals surface area (Å²) in [5.74, 6) is -0.166. The maximum Gasteiger partial charge on any atom is 0.225 e. The van der Waals surface area contributed by atoms with Crippen molar-refractivity contribution in [2.75, 3.05) is 5.32 Å². The molecule has 0 bridgehead atoms. The number of amides is 1. The van der Waals surface area contributed by atoms with Gasteiger partial charge in [-0.3, -0.25) is 4.79 Å². The van der Waals surface area contributed by atoms with Gasteiger partial charge in [0.25, 0.3) is 0 Å². The second-order valence-electron chi connectivity index (χ2n) is 3.59. The van der Waals surface area contributed by atoms with Crippen LogP contribution in [-0.2, 0) is 4.79 Å². The minimum absolute atomic E-state index is 0.00933. The van der Waals surface area contributed by atoms with E-state index in [1.165, 1.54) is 12.1 Å². The molecule has 0 aromatic heterocycles. The summed E-state index contributed by atoms with van der Waals surface area (Å²) >= 11 is 5.70. The molecule has 0 heterocycles. The number of benzene rings is 1. The average Bonchev–Trinajstić information content (AvgIpc) is 2.23. The highest BCUT2D eigenvalue weighted by atomic mass is 35.5. The van der Waals surface area contributed by atoms with Crippen molar-refractivity contribution in [2.45, 2.75) is 25.8 Å². The number of nitrogens with one attached hydrogen (secondary N) is 1. The van der Waals surface area contributed by atoms with E-state index in [-0.39, 0.29) is 29.1 Å². The molecule has 16 heavy (non-hydrogen) atoms. The first-order valence-electron chi connectivity index (χ1n) is 5.07. The maximum absolute atomic E-state index is 11.5. The van der Waals surface area contributed by atoms with Crippen LogP contribution in [0.4, 0.5) is 5.69 Å². The second-order valence-corrected chi connectivity index (χ2v) is 3.99. The first kappa shape index (κ1) is 12.8. The van der Waals surface area contributed by atoms with Gasteiger partial charge in [0.1, 0.15) is 5.75 Å². The Balaban J connectivity index is 2.59. The molecule has 4 nitrogen and oxygen atoms in total. The van der Waals surface area contributed by atoms with Gasteiger partial charge < -0.3 is 16.2 Å². The van der Waals surface area contributed by atoms with Crippen molar-refractivity contribution in [1.29, 1.82) is 0 Å². The molecule has 0 fully saturated rings. The minimum atomic E-state index is -0.156. The Hall–Kier alpha value is -1.26. The minimum Gasteiger partial charge on any atom is -0.506 e. The van der Waals surface area contributed by atoms with E-state index in [9.17, 15) is 9.90 Å². The molecule has 0 spiro atoms. The number of nitrogens with two attached hydrogens (primary N) is 1. The van der Waals surface area contributed by atoms with Crippen LogP contribution >= 0.6 is 11.6 Å². The zero-order valence-corrected chi connectivity index (χ0v) is 9.79. The summed E-state index contributed by atoms with van der Waals surface area (Å²) in [5, 5.41) is 12.1. The topological polar surface area (TPSA) is 75.4 Å². The van der Waals surface area contributed by atoms with Crippen molar-refractivity contribution in [3.63, 3.8) is 0 Å². The quantitative estimate of drug-likeness (QED) is 0.708. The molecule has 1 aromatic carbocycles. The number of aromatic hydroxyl groups is 1. The van der Waals surface area contributed by atoms with Crippen molar-refractivity contribution in [3.05, 3.63) is 23.2 Å². The Kier molecular flexibility index (Phi) is 4.58. The zero-order valence-electron chi connectivity index (χ0n) is 9.03. The monoisotopic (exact) mass is 242 g/mol. The molecule has 1 rings (SSSR count). The zero-order chi connectivity index (χ0) is 12.1. The smallest absolute Gasteiger partial charge is 0.225 e. The number of carbonyl (C=O) groups excluding carboxylic acids is 1. The summed E-state index contributed by atoms with van der Waals surface area (Å²) in [6.45, 7) is 1.93. The molecule has 0 aliphatic heterocycles. The first-order valence-corrected chi connectivity index (χ1v) is 5.44. The molecule has 0 aliphatic rings. The summed E-state index contributed by atoms with van der Waals surface area (Å²) < 4.78 is 0. The van der Waals surface area contributed by atoms with E-state index in [4.69, 9.17) is 17.3 Å². The van der Waals surface area contributed by atoms with Crippen LogP contribution in [-0.4, -0.2) is 17.1 Å². The van der Waals surface area contributed by atoms with E-state index in [1.54, 1.807) is 6.07 Å². The Bertz CT molecular complexity index is 382. The number of anilines is 1. The van der Waals surface area contributed by atoms with Gasteiger partial charge >= 0.3 is 0 Å². The van der Waals surface area contributed by atoms with Gasteiger partial charge in [-0.15, -0.1) is 0 Å². The summed E-state index contributed by atoms with van der Waals surface area (Å²) in [5.41, 5.74) is 6.21. The van der Waals surface area contributed by atoms with Gasteiger partial charge in [0.2, 0.25) is 5.91 Å². The molecular weight excluding hydrogens is 228 g/mol. The summed E-state index contributed by atoms with van der Waals surface area (Å²) in [7, 11) is 0. The highest BCUT2D eigenvalue weighted by Crippen LogP contribution is 2.26. The van der Waals surface area contributed by atoms with E-state index < -0.39 is 0 Å². The predicted octanol–water partition coefficient (Wildman–Crippen LogP) is 2.11. The molecule has 1 aromatic rings. The molecule has 0 saturated carbocycles. The van der Waals surface area contributed by atoms with Crippen LogP contribution in [0.2, 0.25) is 5.02 Å². The second kappa shape index (κ2) is 5.72. The van der Waals surface area contributed by atoms with Crippen molar-refractivity contribution in [1.82, 2.24) is 0 Å². The molecule has 88 valence electrons. The third-order valence-electron chi connectivity index (χ3n) is 2.20. The van der Waals surface area contributed by atoms with Gasteiger partial charge in [0.15, 0.2) is 0 Å². The lowest BCUT2D eigenvalue weighted by atomic mass is 10.1. The number of rotatable bonds is 4. The fourth-order valence-corrected chi connectivity index (χ4v) is 1.36. The van der Waals surface area contributed by atoms with Crippen LogP contribution < -0.4 is 11.1 Å². The average molecular weight is 243 g/mol. The fourth-order valence-electron chi connectivity index (χ4n) is 1.18. The maximum atomic E-state index is 11.5. The van der Waals surface area contributed by atoms with Crippen molar-refractivity contribution in [3.8, 4) is 5.75 Å². The number of halogens is 1. The number of phenols is 1. The molecule has 4 N–H and O–H groups in total. The lowest BCUT2D eigenvalue weighted by Gasteiger charge is -2.09. The van der Waals surface area contributed by atoms with Crippen LogP contribution in [0.3, 0.4) is 0 Å². The normalized spacial score (nSPS) is 12.2. The SMILES string of the molecule is CCC(N)CC(=O)Nc1ccc(O)c(Cl)c1. The number of phenolic OH excluding ortho intramolecular Hbond substituents is 1. The molecule has 0 radical (unpaired) electrons. The van der Waals surface area contributed by atoms with Gasteiger partial charge in [0.05, 0.1) is 5.02 Å². The number of hydrogen-bond acceptors (Lipinski definition) is 3. The Morgan fingerprint density at radius 2 is 2.31 bits per heavy atom. The Morgan fingerprint density at radius 3 is 2.88 bits per heavy atom. The van der Waals surface area contributed by atoms with Gasteiger partial charge in [-0.05, 0) is 24.6 Å². The predicted molar refractivity (Wildman–Crippen MR) is 64.6 cm³/mol. The van der Waals surface area contributed by atoms with Crippen LogP contribution in [0.15, 0.2) is 18.2 Å². The van der Waals surface area contributed by atoms with E-state index in [1.807, 2.05) is 6.92 Å². The lowest BCUT2D eigenvalue weighted by Crippen LogP contribution is -2.26. The van der Waals surface area contributed by atoms with Gasteiger partial charge in [0, 0.05) is 18.2 Å². The molecule has 1 unspecified atom stereocenters. The molecule has 0 aliphatic carbocycles. The lowest BCUT2D eigenvalue weighted by molar-refractivity contribution is -0.116. The van der Waals surface area contributed by atoms with Crippen LogP contribution in [0.5, 0.6) is 5.75 Å². The third kappa shape index (κ3) is 3.72. The fraction of sp³-hybridized carbons (Fsp3) is 0.364. The van der Waals surface area contributed by atoms with Crippen LogP contribution in [0.1, 0.15) is 19.8 Å². The Morgan fingerprint density at radius 1 is 1.62 bits per heavy atom. The Labute approximate surface area is 99.4 Å². The largest absolute Gasteiger partial charge is 0.506 e. The van der Waals surface area contributed by atoms with E-state index in [0.29, 0.717) is 5.69 Å². The van der Waals surface area contributed by atoms with Crippen molar-refractivity contribution >= 4 is 23.2 Å². The summed E-state index contributed by atoms with van der Waals surface area (Å²) in [6, 6.07) is 4.37. The number of hydrogen-bond donors (Lipinski definition) is 3. The van der Waals surface area contributed by atoms with Gasteiger partial charge in [-0.2, -0.15) is 0 Å². The van der Waals surface area contributed by atoms with E-state index in [0.717, 1.165) is 6.42 Å². The first-order chi connectivity index (χ1) is 7.52.